The number of anilines is 1. The van der Waals surface area contributed by atoms with Gasteiger partial charge in [-0.15, -0.1) is 0 Å². The first-order chi connectivity index (χ1) is 9.90. The van der Waals surface area contributed by atoms with Crippen molar-refractivity contribution in [3.63, 3.8) is 0 Å². The molecule has 21 heavy (non-hydrogen) atoms. The lowest BCUT2D eigenvalue weighted by atomic mass is 10.3. The van der Waals surface area contributed by atoms with Crippen molar-refractivity contribution in [1.29, 1.82) is 0 Å². The largest absolute Gasteiger partial charge is 0.394 e. The maximum Gasteiger partial charge on any atom is 0.319 e. The monoisotopic (exact) mass is 313 g/mol. The maximum atomic E-state index is 12.1. The van der Waals surface area contributed by atoms with Gasteiger partial charge in [0.25, 0.3) is 0 Å². The quantitative estimate of drug-likeness (QED) is 0.618. The fourth-order valence-electron chi connectivity index (χ4n) is 1.67. The summed E-state index contributed by atoms with van der Waals surface area (Å²) in [4.78, 5) is 11.7. The van der Waals surface area contributed by atoms with E-state index >= 15 is 0 Å². The van der Waals surface area contributed by atoms with Crippen LogP contribution in [-0.2, 0) is 10.0 Å². The van der Waals surface area contributed by atoms with Crippen LogP contribution < -0.4 is 15.4 Å². The van der Waals surface area contributed by atoms with Crippen LogP contribution in [0.25, 0.3) is 0 Å². The molecule has 7 nitrogen and oxygen atoms in total. The van der Waals surface area contributed by atoms with Crippen molar-refractivity contribution in [3.05, 3.63) is 24.3 Å². The van der Waals surface area contributed by atoms with E-state index in [-0.39, 0.29) is 23.6 Å². The van der Waals surface area contributed by atoms with Crippen LogP contribution in [0.2, 0.25) is 0 Å². The molecule has 0 saturated heterocycles. The van der Waals surface area contributed by atoms with E-state index < -0.39 is 16.1 Å². The number of aliphatic hydroxyl groups is 1. The van der Waals surface area contributed by atoms with E-state index in [1.54, 1.807) is 19.1 Å². The average Bonchev–Trinajstić information content (AvgIpc) is 3.22. The predicted octanol–water partition coefficient (Wildman–Crippen LogP) is 0.630. The molecule has 0 heterocycles. The van der Waals surface area contributed by atoms with Crippen molar-refractivity contribution in [2.75, 3.05) is 11.9 Å². The Kier molecular flexibility index (Phi) is 4.81. The van der Waals surface area contributed by atoms with Gasteiger partial charge < -0.3 is 15.7 Å². The van der Waals surface area contributed by atoms with Crippen LogP contribution in [0.1, 0.15) is 19.8 Å². The first-order valence-corrected chi connectivity index (χ1v) is 8.20. The maximum absolute atomic E-state index is 12.1. The fourth-order valence-corrected chi connectivity index (χ4v) is 3.02. The van der Waals surface area contributed by atoms with Gasteiger partial charge in [-0.1, -0.05) is 6.07 Å². The molecule has 0 aliphatic heterocycles. The number of amides is 2. The molecule has 0 unspecified atom stereocenters. The first-order valence-electron chi connectivity index (χ1n) is 6.71. The summed E-state index contributed by atoms with van der Waals surface area (Å²) in [6, 6.07) is 5.18. The van der Waals surface area contributed by atoms with Crippen molar-refractivity contribution in [1.82, 2.24) is 10.0 Å². The zero-order valence-corrected chi connectivity index (χ0v) is 12.5. The lowest BCUT2D eigenvalue weighted by molar-refractivity contribution is 0.229. The van der Waals surface area contributed by atoms with E-state index in [1.807, 2.05) is 0 Å². The molecule has 1 saturated carbocycles. The van der Waals surface area contributed by atoms with Gasteiger partial charge in [0.05, 0.1) is 17.5 Å². The molecule has 116 valence electrons. The van der Waals surface area contributed by atoms with Crippen molar-refractivity contribution in [2.24, 2.45) is 0 Å². The Labute approximate surface area is 123 Å². The van der Waals surface area contributed by atoms with Gasteiger partial charge in [-0.25, -0.2) is 17.9 Å². The molecule has 1 aromatic carbocycles. The van der Waals surface area contributed by atoms with Crippen molar-refractivity contribution in [2.45, 2.75) is 36.7 Å². The Morgan fingerprint density at radius 2 is 2.14 bits per heavy atom. The summed E-state index contributed by atoms with van der Waals surface area (Å²) in [5.74, 6) is 0. The highest BCUT2D eigenvalue weighted by molar-refractivity contribution is 7.89. The molecular weight excluding hydrogens is 294 g/mol. The van der Waals surface area contributed by atoms with E-state index in [2.05, 4.69) is 15.4 Å². The number of benzene rings is 1. The third-order valence-corrected chi connectivity index (χ3v) is 4.47. The Bertz CT molecular complexity index is 614. The summed E-state index contributed by atoms with van der Waals surface area (Å²) in [6.07, 6.45) is 1.72. The molecule has 0 spiro atoms. The number of nitrogens with one attached hydrogen (secondary N) is 3. The van der Waals surface area contributed by atoms with Gasteiger partial charge in [-0.05, 0) is 38.0 Å². The third kappa shape index (κ3) is 4.69. The first kappa shape index (κ1) is 15.7. The predicted molar refractivity (Wildman–Crippen MR) is 78.5 cm³/mol. The Morgan fingerprint density at radius 3 is 2.76 bits per heavy atom. The summed E-state index contributed by atoms with van der Waals surface area (Å²) in [5, 5.41) is 13.9. The van der Waals surface area contributed by atoms with Gasteiger partial charge in [-0.2, -0.15) is 0 Å². The molecule has 4 N–H and O–H groups in total. The summed E-state index contributed by atoms with van der Waals surface area (Å²) in [7, 11) is -3.54. The molecular formula is C13H19N3O4S. The van der Waals surface area contributed by atoms with Crippen LogP contribution in [0.15, 0.2) is 29.2 Å². The number of carbonyl (C=O) groups is 1. The minimum absolute atomic E-state index is 0.0281. The average molecular weight is 313 g/mol. The number of sulfonamides is 1. The highest BCUT2D eigenvalue weighted by Gasteiger charge is 2.28. The van der Waals surface area contributed by atoms with Gasteiger partial charge in [0.2, 0.25) is 10.0 Å². The summed E-state index contributed by atoms with van der Waals surface area (Å²) in [6.45, 7) is 1.48. The second-order valence-corrected chi connectivity index (χ2v) is 6.82. The van der Waals surface area contributed by atoms with E-state index in [9.17, 15) is 13.2 Å². The normalized spacial score (nSPS) is 16.3. The molecule has 2 amide bonds. The van der Waals surface area contributed by atoms with Crippen molar-refractivity contribution in [3.8, 4) is 0 Å². The molecule has 1 fully saturated rings. The number of hydrogen-bond acceptors (Lipinski definition) is 4. The zero-order chi connectivity index (χ0) is 15.5. The van der Waals surface area contributed by atoms with E-state index in [0.29, 0.717) is 5.69 Å². The second-order valence-electron chi connectivity index (χ2n) is 5.11. The van der Waals surface area contributed by atoms with Crippen LogP contribution in [0.4, 0.5) is 10.5 Å². The summed E-state index contributed by atoms with van der Waals surface area (Å²) >= 11 is 0. The highest BCUT2D eigenvalue weighted by Crippen LogP contribution is 2.23. The molecule has 1 aliphatic carbocycles. The third-order valence-electron chi connectivity index (χ3n) is 2.95. The van der Waals surface area contributed by atoms with Crippen LogP contribution in [-0.4, -0.2) is 38.2 Å². The van der Waals surface area contributed by atoms with Gasteiger partial charge >= 0.3 is 6.03 Å². The zero-order valence-electron chi connectivity index (χ0n) is 11.7. The second kappa shape index (κ2) is 6.42. The smallest absolute Gasteiger partial charge is 0.319 e. The molecule has 1 atom stereocenters. The minimum Gasteiger partial charge on any atom is -0.394 e. The number of urea groups is 1. The summed E-state index contributed by atoms with van der Waals surface area (Å²) < 4.78 is 26.7. The van der Waals surface area contributed by atoms with Gasteiger partial charge in [0, 0.05) is 11.7 Å². The van der Waals surface area contributed by atoms with Crippen LogP contribution >= 0.6 is 0 Å². The van der Waals surface area contributed by atoms with Gasteiger partial charge in [0.15, 0.2) is 0 Å². The number of aliphatic hydroxyl groups excluding tert-OH is 1. The SMILES string of the molecule is C[C@@H](CO)NC(=O)Nc1cccc(S(=O)(=O)NC2CC2)c1. The standard InChI is InChI=1S/C13H19N3O4S/c1-9(8-17)14-13(18)15-11-3-2-4-12(7-11)21(19,20)16-10-5-6-10/h2-4,7,9-10,16-17H,5-6,8H2,1H3,(H2,14,15,18)/t9-/m0/s1. The van der Waals surface area contributed by atoms with E-state index in [1.165, 1.54) is 12.1 Å². The summed E-state index contributed by atoms with van der Waals surface area (Å²) in [5.41, 5.74) is 0.372. The molecule has 0 aromatic heterocycles. The van der Waals surface area contributed by atoms with Crippen LogP contribution in [0, 0.1) is 0 Å². The fraction of sp³-hybridized carbons (Fsp3) is 0.462. The molecule has 8 heteroatoms. The number of hydrogen-bond donors (Lipinski definition) is 4. The minimum atomic E-state index is -3.54. The number of carbonyl (C=O) groups excluding carboxylic acids is 1. The Hall–Kier alpha value is -1.64. The molecule has 1 aliphatic rings. The molecule has 0 radical (unpaired) electrons. The lowest BCUT2D eigenvalue weighted by Gasteiger charge is -2.13. The molecule has 0 bridgehead atoms. The Morgan fingerprint density at radius 1 is 1.43 bits per heavy atom. The topological polar surface area (TPSA) is 108 Å². The number of rotatable bonds is 6. The van der Waals surface area contributed by atoms with Crippen molar-refractivity contribution < 1.29 is 18.3 Å². The molecule has 1 aromatic rings. The Balaban J connectivity index is 2.05. The molecule has 2 rings (SSSR count). The lowest BCUT2D eigenvalue weighted by Crippen LogP contribution is -2.38. The van der Waals surface area contributed by atoms with Crippen LogP contribution in [0.5, 0.6) is 0 Å². The van der Waals surface area contributed by atoms with Crippen molar-refractivity contribution >= 4 is 21.7 Å². The van der Waals surface area contributed by atoms with Gasteiger partial charge in [0.1, 0.15) is 0 Å². The van der Waals surface area contributed by atoms with Gasteiger partial charge in [-0.3, -0.25) is 0 Å². The van der Waals surface area contributed by atoms with Crippen LogP contribution in [0.3, 0.4) is 0 Å². The highest BCUT2D eigenvalue weighted by atomic mass is 32.2. The van der Waals surface area contributed by atoms with E-state index in [0.717, 1.165) is 12.8 Å². The van der Waals surface area contributed by atoms with E-state index in [4.69, 9.17) is 5.11 Å².